The minimum Gasteiger partial charge on any atom is -0.338 e. The Morgan fingerprint density at radius 1 is 1.12 bits per heavy atom. The number of rotatable bonds is 2. The molecule has 1 unspecified atom stereocenters. The number of para-hydroxylation sites is 1. The summed E-state index contributed by atoms with van der Waals surface area (Å²) in [5.74, 6) is -0.158. The second-order valence-corrected chi connectivity index (χ2v) is 7.58. The highest BCUT2D eigenvalue weighted by atomic mass is 16.2. The van der Waals surface area contributed by atoms with Gasteiger partial charge in [0.15, 0.2) is 5.69 Å². The number of fused-ring (bicyclic) bond motifs is 1. The number of carbonyl (C=O) groups is 2. The quantitative estimate of drug-likeness (QED) is 0.857. The lowest BCUT2D eigenvalue weighted by Crippen LogP contribution is -2.57. The van der Waals surface area contributed by atoms with Crippen LogP contribution in [0.2, 0.25) is 0 Å². The van der Waals surface area contributed by atoms with Crippen LogP contribution in [0.1, 0.15) is 31.3 Å². The van der Waals surface area contributed by atoms with Crippen molar-refractivity contribution in [3.8, 4) is 0 Å². The molecule has 1 fully saturated rings. The van der Waals surface area contributed by atoms with Crippen LogP contribution in [0.15, 0.2) is 24.3 Å². The van der Waals surface area contributed by atoms with E-state index in [1.807, 2.05) is 45.0 Å². The summed E-state index contributed by atoms with van der Waals surface area (Å²) >= 11 is 0. The Kier molecular flexibility index (Phi) is 4.51. The van der Waals surface area contributed by atoms with Crippen molar-refractivity contribution in [2.75, 3.05) is 26.2 Å². The summed E-state index contributed by atoms with van der Waals surface area (Å²) in [5.41, 5.74) is 7.07. The second kappa shape index (κ2) is 6.48. The van der Waals surface area contributed by atoms with E-state index in [4.69, 9.17) is 5.73 Å². The van der Waals surface area contributed by atoms with Crippen LogP contribution in [0.4, 0.5) is 0 Å². The van der Waals surface area contributed by atoms with Crippen LogP contribution in [-0.4, -0.2) is 64.0 Å². The van der Waals surface area contributed by atoms with Gasteiger partial charge < -0.3 is 15.5 Å². The number of nitrogens with two attached hydrogens (primary N) is 1. The number of benzene rings is 1. The first-order chi connectivity index (χ1) is 11.8. The van der Waals surface area contributed by atoms with Gasteiger partial charge in [-0.05, 0) is 11.5 Å². The molecule has 1 aliphatic heterocycles. The Bertz CT molecular complexity index is 784. The number of piperazine rings is 1. The molecule has 0 spiro atoms. The van der Waals surface area contributed by atoms with Crippen molar-refractivity contribution in [1.29, 1.82) is 0 Å². The van der Waals surface area contributed by atoms with Gasteiger partial charge in [-0.3, -0.25) is 14.7 Å². The third kappa shape index (κ3) is 3.37. The number of aromatic nitrogens is 2. The summed E-state index contributed by atoms with van der Waals surface area (Å²) in [6.45, 7) is 7.84. The van der Waals surface area contributed by atoms with Gasteiger partial charge in [-0.2, -0.15) is 5.10 Å². The van der Waals surface area contributed by atoms with Crippen LogP contribution >= 0.6 is 0 Å². The molecule has 1 aromatic carbocycles. The van der Waals surface area contributed by atoms with Crippen LogP contribution in [0.25, 0.3) is 10.9 Å². The van der Waals surface area contributed by atoms with Gasteiger partial charge in [-0.15, -0.1) is 0 Å². The number of hydrogen-bond donors (Lipinski definition) is 2. The summed E-state index contributed by atoms with van der Waals surface area (Å²) in [5, 5.41) is 7.88. The SMILES string of the molecule is CC(C)(C)C(N)C(=O)N1CCN(C(=O)c2n[nH]c3ccccc23)CC1. The van der Waals surface area contributed by atoms with E-state index in [1.165, 1.54) is 0 Å². The molecular weight excluding hydrogens is 318 g/mol. The highest BCUT2D eigenvalue weighted by molar-refractivity contribution is 6.04. The molecule has 0 bridgehead atoms. The fourth-order valence-electron chi connectivity index (χ4n) is 2.97. The Balaban J connectivity index is 1.66. The summed E-state index contributed by atoms with van der Waals surface area (Å²) < 4.78 is 0. The fourth-order valence-corrected chi connectivity index (χ4v) is 2.97. The van der Waals surface area contributed by atoms with Crippen molar-refractivity contribution in [2.45, 2.75) is 26.8 Å². The number of amides is 2. The Hall–Kier alpha value is -2.41. The Morgan fingerprint density at radius 2 is 1.72 bits per heavy atom. The average molecular weight is 343 g/mol. The third-order valence-corrected chi connectivity index (χ3v) is 4.75. The summed E-state index contributed by atoms with van der Waals surface area (Å²) in [6, 6.07) is 7.03. The zero-order valence-electron chi connectivity index (χ0n) is 15.0. The molecule has 134 valence electrons. The predicted octanol–water partition coefficient (Wildman–Crippen LogP) is 1.22. The van der Waals surface area contributed by atoms with Gasteiger partial charge in [-0.25, -0.2) is 0 Å². The normalized spacial score (nSPS) is 17.0. The smallest absolute Gasteiger partial charge is 0.275 e. The molecule has 3 rings (SSSR count). The molecule has 7 nitrogen and oxygen atoms in total. The molecule has 0 saturated carbocycles. The van der Waals surface area contributed by atoms with E-state index in [9.17, 15) is 9.59 Å². The number of hydrogen-bond acceptors (Lipinski definition) is 4. The zero-order chi connectivity index (χ0) is 18.2. The summed E-state index contributed by atoms with van der Waals surface area (Å²) in [7, 11) is 0. The van der Waals surface area contributed by atoms with E-state index in [1.54, 1.807) is 9.80 Å². The van der Waals surface area contributed by atoms with Crippen molar-refractivity contribution in [3.63, 3.8) is 0 Å². The van der Waals surface area contributed by atoms with Gasteiger partial charge in [0.25, 0.3) is 5.91 Å². The van der Waals surface area contributed by atoms with Crippen LogP contribution in [0.5, 0.6) is 0 Å². The van der Waals surface area contributed by atoms with Gasteiger partial charge in [-0.1, -0.05) is 39.0 Å². The molecule has 25 heavy (non-hydrogen) atoms. The maximum Gasteiger partial charge on any atom is 0.275 e. The zero-order valence-corrected chi connectivity index (χ0v) is 15.0. The number of carbonyl (C=O) groups excluding carboxylic acids is 2. The second-order valence-electron chi connectivity index (χ2n) is 7.58. The lowest BCUT2D eigenvalue weighted by Gasteiger charge is -2.38. The van der Waals surface area contributed by atoms with Crippen LogP contribution < -0.4 is 5.73 Å². The highest BCUT2D eigenvalue weighted by Crippen LogP contribution is 2.21. The van der Waals surface area contributed by atoms with Crippen LogP contribution in [-0.2, 0) is 4.79 Å². The third-order valence-electron chi connectivity index (χ3n) is 4.75. The minimum atomic E-state index is -0.537. The molecule has 3 N–H and O–H groups in total. The molecule has 1 aromatic heterocycles. The van der Waals surface area contributed by atoms with Gasteiger partial charge >= 0.3 is 0 Å². The molecule has 2 aromatic rings. The lowest BCUT2D eigenvalue weighted by atomic mass is 9.86. The number of nitrogens with zero attached hydrogens (tertiary/aromatic N) is 3. The van der Waals surface area contributed by atoms with Gasteiger partial charge in [0.2, 0.25) is 5.91 Å². The van der Waals surface area contributed by atoms with E-state index in [-0.39, 0.29) is 17.2 Å². The van der Waals surface area contributed by atoms with Crippen molar-refractivity contribution < 1.29 is 9.59 Å². The fraction of sp³-hybridized carbons (Fsp3) is 0.500. The molecule has 0 aliphatic carbocycles. The molecule has 1 atom stereocenters. The van der Waals surface area contributed by atoms with Crippen molar-refractivity contribution in [1.82, 2.24) is 20.0 Å². The highest BCUT2D eigenvalue weighted by Gasteiger charge is 2.33. The Labute approximate surface area is 147 Å². The molecule has 1 aliphatic rings. The van der Waals surface area contributed by atoms with Gasteiger partial charge in [0.1, 0.15) is 0 Å². The number of nitrogens with one attached hydrogen (secondary N) is 1. The maximum atomic E-state index is 12.8. The molecule has 2 heterocycles. The van der Waals surface area contributed by atoms with Crippen molar-refractivity contribution in [2.24, 2.45) is 11.1 Å². The predicted molar refractivity (Wildman–Crippen MR) is 96.0 cm³/mol. The molecule has 7 heteroatoms. The van der Waals surface area contributed by atoms with Crippen LogP contribution in [0.3, 0.4) is 0 Å². The van der Waals surface area contributed by atoms with E-state index in [2.05, 4.69) is 10.2 Å². The first-order valence-electron chi connectivity index (χ1n) is 8.56. The van der Waals surface area contributed by atoms with Crippen LogP contribution in [0, 0.1) is 5.41 Å². The first-order valence-corrected chi connectivity index (χ1v) is 8.56. The van der Waals surface area contributed by atoms with E-state index >= 15 is 0 Å². The average Bonchev–Trinajstić information content (AvgIpc) is 3.03. The lowest BCUT2D eigenvalue weighted by molar-refractivity contribution is -0.136. The minimum absolute atomic E-state index is 0.0511. The van der Waals surface area contributed by atoms with Crippen molar-refractivity contribution in [3.05, 3.63) is 30.0 Å². The van der Waals surface area contributed by atoms with E-state index in [0.29, 0.717) is 31.9 Å². The standard InChI is InChI=1S/C18H25N5O2/c1-18(2,3)15(19)17(25)23-10-8-22(9-11-23)16(24)14-12-6-4-5-7-13(12)20-21-14/h4-7,15H,8-11,19H2,1-3H3,(H,20,21). The Morgan fingerprint density at radius 3 is 2.36 bits per heavy atom. The molecule has 2 amide bonds. The summed E-state index contributed by atoms with van der Waals surface area (Å²) in [4.78, 5) is 28.8. The number of aromatic amines is 1. The monoisotopic (exact) mass is 343 g/mol. The number of H-pyrrole nitrogens is 1. The van der Waals surface area contributed by atoms with Crippen molar-refractivity contribution >= 4 is 22.7 Å². The maximum absolute atomic E-state index is 12.8. The first kappa shape index (κ1) is 17.4. The van der Waals surface area contributed by atoms with E-state index < -0.39 is 6.04 Å². The molecule has 1 saturated heterocycles. The summed E-state index contributed by atoms with van der Waals surface area (Å²) in [6.07, 6.45) is 0. The molecule has 0 radical (unpaired) electrons. The molecular formula is C18H25N5O2. The topological polar surface area (TPSA) is 95.3 Å². The van der Waals surface area contributed by atoms with E-state index in [0.717, 1.165) is 10.9 Å². The van der Waals surface area contributed by atoms with Gasteiger partial charge in [0, 0.05) is 31.6 Å². The largest absolute Gasteiger partial charge is 0.338 e. The van der Waals surface area contributed by atoms with Gasteiger partial charge in [0.05, 0.1) is 11.6 Å².